The fourth-order valence-corrected chi connectivity index (χ4v) is 3.55. The third-order valence-corrected chi connectivity index (χ3v) is 5.09. The molecule has 21 heavy (non-hydrogen) atoms. The zero-order valence-electron chi connectivity index (χ0n) is 11.1. The molecule has 1 saturated heterocycles. The highest BCUT2D eigenvalue weighted by atomic mass is 35.5. The van der Waals surface area contributed by atoms with Crippen LogP contribution in [0, 0.1) is 20.9 Å². The average Bonchev–Trinajstić information content (AvgIpc) is 2.88. The molecule has 0 radical (unpaired) electrons. The number of anilines is 1. The van der Waals surface area contributed by atoms with Crippen LogP contribution in [-0.2, 0) is 9.59 Å². The molecule has 2 unspecified atom stereocenters. The molecule has 110 valence electrons. The highest BCUT2D eigenvalue weighted by molar-refractivity contribution is 6.38. The quantitative estimate of drug-likeness (QED) is 0.474. The Kier molecular flexibility index (Phi) is 2.69. The normalized spacial score (nSPS) is 30.6. The second-order valence-electron chi connectivity index (χ2n) is 5.80. The number of hydrogen-bond donors (Lipinski definition) is 0. The van der Waals surface area contributed by atoms with E-state index in [1.165, 1.54) is 12.1 Å². The van der Waals surface area contributed by atoms with Crippen molar-refractivity contribution in [1.29, 1.82) is 0 Å². The molecule has 8 heteroatoms. The minimum Gasteiger partial charge on any atom is -0.273 e. The van der Waals surface area contributed by atoms with Crippen LogP contribution in [0.1, 0.15) is 20.3 Å². The first-order chi connectivity index (χ1) is 9.63. The predicted octanol–water partition coefficient (Wildman–Crippen LogP) is 3.19. The van der Waals surface area contributed by atoms with Gasteiger partial charge in [0.1, 0.15) is 10.7 Å². The first kappa shape index (κ1) is 14.3. The van der Waals surface area contributed by atoms with Crippen molar-refractivity contribution >= 4 is 46.4 Å². The van der Waals surface area contributed by atoms with Crippen LogP contribution >= 0.6 is 23.2 Å². The van der Waals surface area contributed by atoms with Crippen molar-refractivity contribution in [3.8, 4) is 0 Å². The molecule has 0 aromatic heterocycles. The molecule has 0 N–H and O–H groups in total. The molecule has 1 aliphatic heterocycles. The van der Waals surface area contributed by atoms with Crippen LogP contribution in [0.2, 0.25) is 10.0 Å². The summed E-state index contributed by atoms with van der Waals surface area (Å²) in [7, 11) is 0. The summed E-state index contributed by atoms with van der Waals surface area (Å²) in [6.07, 6.45) is 0.455. The Hall–Kier alpha value is -1.66. The van der Waals surface area contributed by atoms with E-state index in [0.29, 0.717) is 6.42 Å². The first-order valence-electron chi connectivity index (χ1n) is 6.16. The number of halogens is 2. The molecule has 2 atom stereocenters. The van der Waals surface area contributed by atoms with Gasteiger partial charge in [-0.2, -0.15) is 0 Å². The number of carbonyl (C=O) groups excluding carboxylic acids is 2. The summed E-state index contributed by atoms with van der Waals surface area (Å²) < 4.78 is 0. The Labute approximate surface area is 129 Å². The smallest absolute Gasteiger partial charge is 0.273 e. The molecular formula is C13H10Cl2N2O4. The topological polar surface area (TPSA) is 80.5 Å². The maximum Gasteiger partial charge on any atom is 0.311 e. The van der Waals surface area contributed by atoms with Crippen molar-refractivity contribution < 1.29 is 14.5 Å². The van der Waals surface area contributed by atoms with E-state index in [1.54, 1.807) is 13.8 Å². The van der Waals surface area contributed by atoms with Crippen LogP contribution in [0.25, 0.3) is 0 Å². The monoisotopic (exact) mass is 328 g/mol. The Morgan fingerprint density at radius 3 is 2.19 bits per heavy atom. The standard InChI is InChI=1S/C13H10Cl2N2O4/c1-12-5-13(12,2)11(19)16(10(12)18)8-4-6(14)3-7(15)9(8)17(20)21/h3-4H,5H2,1-2H3. The van der Waals surface area contributed by atoms with Gasteiger partial charge in [-0.15, -0.1) is 0 Å². The fraction of sp³-hybridized carbons (Fsp3) is 0.385. The lowest BCUT2D eigenvalue weighted by atomic mass is 10.00. The van der Waals surface area contributed by atoms with E-state index < -0.39 is 33.3 Å². The van der Waals surface area contributed by atoms with Gasteiger partial charge in [-0.05, 0) is 32.4 Å². The zero-order chi connectivity index (χ0) is 15.7. The van der Waals surface area contributed by atoms with E-state index in [4.69, 9.17) is 23.2 Å². The van der Waals surface area contributed by atoms with Crippen molar-refractivity contribution in [2.24, 2.45) is 10.8 Å². The van der Waals surface area contributed by atoms with E-state index in [9.17, 15) is 19.7 Å². The summed E-state index contributed by atoms with van der Waals surface area (Å²) in [6, 6.07) is 2.43. The molecule has 1 aromatic rings. The minimum atomic E-state index is -0.799. The van der Waals surface area contributed by atoms with Crippen LogP contribution in [0.5, 0.6) is 0 Å². The van der Waals surface area contributed by atoms with Crippen molar-refractivity contribution in [2.75, 3.05) is 4.90 Å². The number of carbonyl (C=O) groups is 2. The number of nitro benzene ring substituents is 1. The Morgan fingerprint density at radius 1 is 1.19 bits per heavy atom. The summed E-state index contributed by atoms with van der Waals surface area (Å²) in [5, 5.41) is 11.1. The van der Waals surface area contributed by atoms with Gasteiger partial charge in [0, 0.05) is 5.02 Å². The zero-order valence-corrected chi connectivity index (χ0v) is 12.7. The third-order valence-electron chi connectivity index (χ3n) is 4.58. The van der Waals surface area contributed by atoms with Gasteiger partial charge >= 0.3 is 5.69 Å². The number of nitro groups is 1. The molecule has 1 aliphatic carbocycles. The van der Waals surface area contributed by atoms with Gasteiger partial charge < -0.3 is 0 Å². The van der Waals surface area contributed by atoms with Crippen LogP contribution in [-0.4, -0.2) is 16.7 Å². The van der Waals surface area contributed by atoms with Crippen molar-refractivity contribution in [3.63, 3.8) is 0 Å². The molecule has 0 bridgehead atoms. The lowest BCUT2D eigenvalue weighted by molar-refractivity contribution is -0.383. The van der Waals surface area contributed by atoms with E-state index in [2.05, 4.69) is 0 Å². The van der Waals surface area contributed by atoms with Gasteiger partial charge in [-0.1, -0.05) is 23.2 Å². The number of fused-ring (bicyclic) bond motifs is 1. The molecule has 2 aliphatic rings. The molecule has 1 heterocycles. The summed E-state index contributed by atoms with van der Waals surface area (Å²) in [5.41, 5.74) is -2.25. The summed E-state index contributed by atoms with van der Waals surface area (Å²) in [6.45, 7) is 3.37. The molecule has 2 fully saturated rings. The van der Waals surface area contributed by atoms with Gasteiger partial charge in [-0.25, -0.2) is 4.90 Å². The maximum atomic E-state index is 12.5. The van der Waals surface area contributed by atoms with E-state index in [1.807, 2.05) is 0 Å². The molecule has 3 rings (SSSR count). The fourth-order valence-electron chi connectivity index (χ4n) is 2.99. The number of hydrogen-bond acceptors (Lipinski definition) is 4. The third kappa shape index (κ3) is 1.60. The van der Waals surface area contributed by atoms with Crippen molar-refractivity contribution in [2.45, 2.75) is 20.3 Å². The van der Waals surface area contributed by atoms with Gasteiger partial charge in [0.15, 0.2) is 0 Å². The number of amides is 2. The molecule has 6 nitrogen and oxygen atoms in total. The first-order valence-corrected chi connectivity index (χ1v) is 6.91. The van der Waals surface area contributed by atoms with E-state index in [-0.39, 0.29) is 15.7 Å². The van der Waals surface area contributed by atoms with E-state index in [0.717, 1.165) is 4.90 Å². The summed E-state index contributed by atoms with van der Waals surface area (Å²) >= 11 is 11.7. The molecular weight excluding hydrogens is 319 g/mol. The largest absolute Gasteiger partial charge is 0.311 e. The van der Waals surface area contributed by atoms with Gasteiger partial charge in [-0.3, -0.25) is 19.7 Å². The minimum absolute atomic E-state index is 0.122. The van der Waals surface area contributed by atoms with Crippen LogP contribution in [0.15, 0.2) is 12.1 Å². The second-order valence-corrected chi connectivity index (χ2v) is 6.64. The van der Waals surface area contributed by atoms with Gasteiger partial charge in [0.2, 0.25) is 11.8 Å². The van der Waals surface area contributed by atoms with E-state index >= 15 is 0 Å². The van der Waals surface area contributed by atoms with Crippen LogP contribution in [0.3, 0.4) is 0 Å². The van der Waals surface area contributed by atoms with Gasteiger partial charge in [0.25, 0.3) is 0 Å². The Balaban J connectivity index is 2.21. The van der Waals surface area contributed by atoms with Gasteiger partial charge in [0.05, 0.1) is 15.8 Å². The lowest BCUT2D eigenvalue weighted by Crippen LogP contribution is -2.36. The number of benzene rings is 1. The SMILES string of the molecule is CC12CC1(C)C(=O)N(c1cc(Cl)cc(Cl)c1[N+](=O)[O-])C2=O. The molecule has 2 amide bonds. The van der Waals surface area contributed by atoms with Crippen molar-refractivity contribution in [3.05, 3.63) is 32.3 Å². The number of rotatable bonds is 2. The highest BCUT2D eigenvalue weighted by Gasteiger charge is 2.78. The lowest BCUT2D eigenvalue weighted by Gasteiger charge is -2.19. The average molecular weight is 329 g/mol. The van der Waals surface area contributed by atoms with Crippen LogP contribution < -0.4 is 4.90 Å². The molecule has 1 aromatic carbocycles. The van der Waals surface area contributed by atoms with Crippen LogP contribution in [0.4, 0.5) is 11.4 Å². The van der Waals surface area contributed by atoms with Crippen molar-refractivity contribution in [1.82, 2.24) is 0 Å². The Morgan fingerprint density at radius 2 is 1.71 bits per heavy atom. The predicted molar refractivity (Wildman–Crippen MR) is 76.4 cm³/mol. The summed E-state index contributed by atoms with van der Waals surface area (Å²) in [4.78, 5) is 36.3. The second kappa shape index (κ2) is 3.96. The number of piperidine rings is 1. The Bertz CT molecular complexity index is 709. The number of nitrogens with zero attached hydrogens (tertiary/aromatic N) is 2. The maximum absolute atomic E-state index is 12.5. The summed E-state index contributed by atoms with van der Waals surface area (Å²) in [5.74, 6) is -0.895. The highest BCUT2D eigenvalue weighted by Crippen LogP contribution is 2.69. The molecule has 1 saturated carbocycles. The molecule has 0 spiro atoms. The number of imide groups is 1.